The predicted molar refractivity (Wildman–Crippen MR) is 43.6 cm³/mol. The molecule has 0 aliphatic carbocycles. The topological polar surface area (TPSA) is 58.6 Å². The van der Waals surface area contributed by atoms with Gasteiger partial charge < -0.3 is 15.2 Å². The van der Waals surface area contributed by atoms with Gasteiger partial charge in [0.1, 0.15) is 6.10 Å². The highest BCUT2D eigenvalue weighted by Gasteiger charge is 2.30. The number of ether oxygens (including phenoxy) is 1. The number of nitrogens with one attached hydrogen (secondary N) is 1. The molecule has 0 saturated carbocycles. The maximum atomic E-state index is 11.3. The largest absolute Gasteiger partial charge is 0.395 e. The molecule has 1 fully saturated rings. The molecule has 2 atom stereocenters. The van der Waals surface area contributed by atoms with Gasteiger partial charge in [-0.25, -0.2) is 0 Å². The van der Waals surface area contributed by atoms with Crippen LogP contribution < -0.4 is 5.32 Å². The third kappa shape index (κ3) is 2.19. The molecule has 1 aliphatic rings. The van der Waals surface area contributed by atoms with Crippen LogP contribution in [0.25, 0.3) is 0 Å². The number of aliphatic hydroxyl groups is 1. The average Bonchev–Trinajstić information content (AvgIpc) is 2.47. The van der Waals surface area contributed by atoms with Crippen LogP contribution in [0.2, 0.25) is 0 Å². The molecule has 70 valence electrons. The molecule has 1 aliphatic heterocycles. The first-order chi connectivity index (χ1) is 5.75. The number of amides is 1. The third-order valence-corrected chi connectivity index (χ3v) is 2.06. The Hall–Kier alpha value is -0.610. The molecule has 4 nitrogen and oxygen atoms in total. The van der Waals surface area contributed by atoms with Gasteiger partial charge in [-0.05, 0) is 12.3 Å². The van der Waals surface area contributed by atoms with E-state index in [-0.39, 0.29) is 18.6 Å². The summed E-state index contributed by atoms with van der Waals surface area (Å²) in [6.07, 6.45) is 0.633. The Morgan fingerprint density at radius 1 is 1.75 bits per heavy atom. The second-order valence-electron chi connectivity index (χ2n) is 3.07. The van der Waals surface area contributed by atoms with Crippen LogP contribution in [0.5, 0.6) is 0 Å². The van der Waals surface area contributed by atoms with E-state index in [1.807, 2.05) is 6.92 Å². The smallest absolute Gasteiger partial charge is 0.249 e. The molecule has 1 amide bonds. The van der Waals surface area contributed by atoms with Gasteiger partial charge in [0.2, 0.25) is 5.91 Å². The van der Waals surface area contributed by atoms with E-state index in [4.69, 9.17) is 9.84 Å². The van der Waals surface area contributed by atoms with Crippen LogP contribution in [-0.4, -0.2) is 36.9 Å². The molecular weight excluding hydrogens is 158 g/mol. The van der Waals surface area contributed by atoms with Crippen LogP contribution in [0, 0.1) is 5.92 Å². The van der Waals surface area contributed by atoms with Crippen molar-refractivity contribution in [2.24, 2.45) is 5.92 Å². The zero-order valence-electron chi connectivity index (χ0n) is 7.25. The van der Waals surface area contributed by atoms with Crippen LogP contribution in [-0.2, 0) is 9.53 Å². The second-order valence-corrected chi connectivity index (χ2v) is 3.07. The minimum absolute atomic E-state index is 0.0210. The summed E-state index contributed by atoms with van der Waals surface area (Å²) in [5, 5.41) is 11.1. The van der Waals surface area contributed by atoms with Crippen molar-refractivity contribution in [3.63, 3.8) is 0 Å². The quantitative estimate of drug-likeness (QED) is 0.606. The maximum Gasteiger partial charge on any atom is 0.249 e. The summed E-state index contributed by atoms with van der Waals surface area (Å²) >= 11 is 0. The highest BCUT2D eigenvalue weighted by atomic mass is 16.5. The Morgan fingerprint density at radius 3 is 3.00 bits per heavy atom. The zero-order valence-corrected chi connectivity index (χ0v) is 7.25. The van der Waals surface area contributed by atoms with Gasteiger partial charge in [-0.2, -0.15) is 0 Å². The van der Waals surface area contributed by atoms with Crippen molar-refractivity contribution in [1.82, 2.24) is 5.32 Å². The minimum Gasteiger partial charge on any atom is -0.395 e. The second kappa shape index (κ2) is 4.42. The fraction of sp³-hybridized carbons (Fsp3) is 0.875. The van der Waals surface area contributed by atoms with Crippen molar-refractivity contribution >= 4 is 5.91 Å². The molecule has 0 spiro atoms. The molecule has 0 bridgehead atoms. The summed E-state index contributed by atoms with van der Waals surface area (Å²) in [4.78, 5) is 11.3. The van der Waals surface area contributed by atoms with Crippen LogP contribution in [0.4, 0.5) is 0 Å². The monoisotopic (exact) mass is 173 g/mol. The number of hydrogen-bond acceptors (Lipinski definition) is 3. The van der Waals surface area contributed by atoms with Crippen LogP contribution in [0.15, 0.2) is 0 Å². The molecule has 0 aromatic carbocycles. The summed E-state index contributed by atoms with van der Waals surface area (Å²) < 4.78 is 5.23. The van der Waals surface area contributed by atoms with E-state index in [0.29, 0.717) is 19.1 Å². The van der Waals surface area contributed by atoms with Crippen LogP contribution >= 0.6 is 0 Å². The lowest BCUT2D eigenvalue weighted by Crippen LogP contribution is -2.38. The highest BCUT2D eigenvalue weighted by molar-refractivity contribution is 5.81. The Kier molecular flexibility index (Phi) is 3.49. The van der Waals surface area contributed by atoms with Gasteiger partial charge in [-0.1, -0.05) is 6.92 Å². The molecule has 1 saturated heterocycles. The summed E-state index contributed by atoms with van der Waals surface area (Å²) in [5.74, 6) is 0.192. The van der Waals surface area contributed by atoms with Crippen molar-refractivity contribution < 1.29 is 14.6 Å². The first-order valence-electron chi connectivity index (χ1n) is 4.26. The first-order valence-corrected chi connectivity index (χ1v) is 4.26. The number of aliphatic hydroxyl groups excluding tert-OH is 1. The molecule has 0 radical (unpaired) electrons. The third-order valence-electron chi connectivity index (χ3n) is 2.06. The molecule has 0 aromatic heterocycles. The minimum atomic E-state index is -0.309. The zero-order chi connectivity index (χ0) is 8.97. The lowest BCUT2D eigenvalue weighted by molar-refractivity contribution is -0.131. The lowest BCUT2D eigenvalue weighted by atomic mass is 10.0. The molecule has 1 heterocycles. The van der Waals surface area contributed by atoms with Crippen molar-refractivity contribution in [2.45, 2.75) is 19.4 Å². The van der Waals surface area contributed by atoms with Gasteiger partial charge in [0, 0.05) is 13.2 Å². The van der Waals surface area contributed by atoms with Gasteiger partial charge in [-0.15, -0.1) is 0 Å². The molecule has 2 N–H and O–H groups in total. The Balaban J connectivity index is 2.30. The fourth-order valence-corrected chi connectivity index (χ4v) is 1.31. The molecular formula is C8H15NO3. The molecule has 4 heteroatoms. The van der Waals surface area contributed by atoms with Gasteiger partial charge in [-0.3, -0.25) is 4.79 Å². The summed E-state index contributed by atoms with van der Waals surface area (Å²) in [6.45, 7) is 2.95. The number of carbonyl (C=O) groups excluding carboxylic acids is 1. The lowest BCUT2D eigenvalue weighted by Gasteiger charge is -2.13. The Bertz CT molecular complexity index is 160. The SMILES string of the molecule is C[C@@H]1CCO[C@@H]1C(=O)NCCO. The van der Waals surface area contributed by atoms with E-state index in [9.17, 15) is 4.79 Å². The van der Waals surface area contributed by atoms with Crippen molar-refractivity contribution in [3.8, 4) is 0 Å². The summed E-state index contributed by atoms with van der Waals surface area (Å²) in [5.41, 5.74) is 0. The highest BCUT2D eigenvalue weighted by Crippen LogP contribution is 2.19. The van der Waals surface area contributed by atoms with E-state index in [0.717, 1.165) is 6.42 Å². The van der Waals surface area contributed by atoms with E-state index in [2.05, 4.69) is 5.32 Å². The molecule has 1 rings (SSSR count). The number of rotatable bonds is 3. The van der Waals surface area contributed by atoms with E-state index in [1.54, 1.807) is 0 Å². The van der Waals surface area contributed by atoms with Crippen LogP contribution in [0.3, 0.4) is 0 Å². The predicted octanol–water partition coefficient (Wildman–Crippen LogP) is -0.480. The fourth-order valence-electron chi connectivity index (χ4n) is 1.31. The van der Waals surface area contributed by atoms with Crippen molar-refractivity contribution in [3.05, 3.63) is 0 Å². The first kappa shape index (κ1) is 9.48. The van der Waals surface area contributed by atoms with E-state index in [1.165, 1.54) is 0 Å². The molecule has 0 aromatic rings. The van der Waals surface area contributed by atoms with Gasteiger partial charge in [0.25, 0.3) is 0 Å². The standard InChI is InChI=1S/C8H15NO3/c1-6-2-5-12-7(6)8(11)9-3-4-10/h6-7,10H,2-5H2,1H3,(H,9,11)/t6-,7+/m1/s1. The van der Waals surface area contributed by atoms with E-state index < -0.39 is 0 Å². The maximum absolute atomic E-state index is 11.3. The number of carbonyl (C=O) groups is 1. The molecule has 0 unspecified atom stereocenters. The normalized spacial score (nSPS) is 28.8. The Morgan fingerprint density at radius 2 is 2.50 bits per heavy atom. The van der Waals surface area contributed by atoms with Crippen molar-refractivity contribution in [1.29, 1.82) is 0 Å². The molecule has 12 heavy (non-hydrogen) atoms. The van der Waals surface area contributed by atoms with Gasteiger partial charge in [0.05, 0.1) is 6.61 Å². The summed E-state index contributed by atoms with van der Waals surface area (Å²) in [6, 6.07) is 0. The van der Waals surface area contributed by atoms with Crippen LogP contribution in [0.1, 0.15) is 13.3 Å². The summed E-state index contributed by atoms with van der Waals surface area (Å²) in [7, 11) is 0. The van der Waals surface area contributed by atoms with E-state index >= 15 is 0 Å². The van der Waals surface area contributed by atoms with Gasteiger partial charge in [0.15, 0.2) is 0 Å². The average molecular weight is 173 g/mol. The van der Waals surface area contributed by atoms with Crippen molar-refractivity contribution in [2.75, 3.05) is 19.8 Å². The van der Waals surface area contributed by atoms with Gasteiger partial charge >= 0.3 is 0 Å². The number of hydrogen-bond donors (Lipinski definition) is 2. The Labute approximate surface area is 71.9 Å².